The minimum Gasteiger partial charge on any atom is -0.324 e. The molecule has 0 radical (unpaired) electrons. The molecule has 4 heteroatoms. The second-order valence-electron chi connectivity index (χ2n) is 5.38. The van der Waals surface area contributed by atoms with Crippen LogP contribution >= 0.6 is 11.3 Å². The van der Waals surface area contributed by atoms with Crippen LogP contribution in [-0.2, 0) is 12.8 Å². The lowest BCUT2D eigenvalue weighted by molar-refractivity contribution is 0.401. The SMILES string of the molecule is CCC(N)(Cc1ccccc1)Cc1cn2ccsc2n1. The fourth-order valence-corrected chi connectivity index (χ4v) is 3.26. The number of nitrogens with two attached hydrogens (primary N) is 1. The second-order valence-corrected chi connectivity index (χ2v) is 6.25. The van der Waals surface area contributed by atoms with Crippen LogP contribution in [0.5, 0.6) is 0 Å². The highest BCUT2D eigenvalue weighted by Crippen LogP contribution is 2.21. The van der Waals surface area contributed by atoms with Crippen molar-refractivity contribution in [2.45, 2.75) is 31.7 Å². The van der Waals surface area contributed by atoms with Crippen molar-refractivity contribution in [3.63, 3.8) is 0 Å². The number of fused-ring (bicyclic) bond motifs is 1. The number of aromatic nitrogens is 2. The Hall–Kier alpha value is -1.65. The first-order chi connectivity index (χ1) is 9.68. The van der Waals surface area contributed by atoms with Crippen LogP contribution in [0.15, 0.2) is 48.1 Å². The van der Waals surface area contributed by atoms with Gasteiger partial charge in [0, 0.05) is 29.7 Å². The maximum atomic E-state index is 6.61. The van der Waals surface area contributed by atoms with Crippen molar-refractivity contribution in [2.75, 3.05) is 0 Å². The molecule has 2 aromatic heterocycles. The van der Waals surface area contributed by atoms with Gasteiger partial charge in [-0.25, -0.2) is 4.98 Å². The molecular formula is C16H19N3S. The van der Waals surface area contributed by atoms with Crippen LogP contribution in [0.1, 0.15) is 24.6 Å². The topological polar surface area (TPSA) is 43.3 Å². The number of hydrogen-bond acceptors (Lipinski definition) is 3. The van der Waals surface area contributed by atoms with Gasteiger partial charge in [-0.1, -0.05) is 37.3 Å². The zero-order valence-electron chi connectivity index (χ0n) is 11.6. The molecule has 20 heavy (non-hydrogen) atoms. The van der Waals surface area contributed by atoms with Gasteiger partial charge in [-0.3, -0.25) is 4.40 Å². The highest BCUT2D eigenvalue weighted by molar-refractivity contribution is 7.15. The molecule has 104 valence electrons. The summed E-state index contributed by atoms with van der Waals surface area (Å²) in [4.78, 5) is 5.69. The highest BCUT2D eigenvalue weighted by atomic mass is 32.1. The minimum atomic E-state index is -0.231. The molecule has 2 heterocycles. The third kappa shape index (κ3) is 2.76. The van der Waals surface area contributed by atoms with E-state index < -0.39 is 0 Å². The van der Waals surface area contributed by atoms with Crippen LogP contribution in [0.2, 0.25) is 0 Å². The Labute approximate surface area is 123 Å². The monoisotopic (exact) mass is 285 g/mol. The van der Waals surface area contributed by atoms with Gasteiger partial charge in [-0.05, 0) is 18.4 Å². The number of thiazole rings is 1. The van der Waals surface area contributed by atoms with Gasteiger partial charge in [-0.15, -0.1) is 11.3 Å². The molecule has 0 bridgehead atoms. The third-order valence-electron chi connectivity index (χ3n) is 3.78. The van der Waals surface area contributed by atoms with Gasteiger partial charge in [0.25, 0.3) is 0 Å². The Kier molecular flexibility index (Phi) is 3.59. The molecule has 0 saturated carbocycles. The van der Waals surface area contributed by atoms with E-state index in [2.05, 4.69) is 46.8 Å². The van der Waals surface area contributed by atoms with E-state index in [0.717, 1.165) is 29.9 Å². The van der Waals surface area contributed by atoms with Gasteiger partial charge in [0.1, 0.15) is 0 Å². The lowest BCUT2D eigenvalue weighted by Gasteiger charge is -2.27. The average Bonchev–Trinajstić information content (AvgIpc) is 3.00. The molecule has 0 aliphatic heterocycles. The van der Waals surface area contributed by atoms with E-state index >= 15 is 0 Å². The summed E-state index contributed by atoms with van der Waals surface area (Å²) in [6.07, 6.45) is 6.77. The second kappa shape index (κ2) is 5.38. The fourth-order valence-electron chi connectivity index (χ4n) is 2.54. The lowest BCUT2D eigenvalue weighted by Crippen LogP contribution is -2.43. The van der Waals surface area contributed by atoms with Crippen molar-refractivity contribution in [3.05, 3.63) is 59.4 Å². The van der Waals surface area contributed by atoms with Crippen LogP contribution in [0.3, 0.4) is 0 Å². The molecule has 0 spiro atoms. The van der Waals surface area contributed by atoms with E-state index in [0.29, 0.717) is 0 Å². The first kappa shape index (κ1) is 13.3. The molecule has 3 nitrogen and oxygen atoms in total. The third-order valence-corrected chi connectivity index (χ3v) is 4.55. The summed E-state index contributed by atoms with van der Waals surface area (Å²) in [6.45, 7) is 2.15. The van der Waals surface area contributed by atoms with E-state index in [1.165, 1.54) is 5.56 Å². The van der Waals surface area contributed by atoms with Gasteiger partial charge in [0.05, 0.1) is 5.69 Å². The van der Waals surface area contributed by atoms with Crippen LogP contribution in [0.25, 0.3) is 4.96 Å². The zero-order valence-corrected chi connectivity index (χ0v) is 12.4. The summed E-state index contributed by atoms with van der Waals surface area (Å²) in [7, 11) is 0. The number of nitrogens with zero attached hydrogens (tertiary/aromatic N) is 2. The molecule has 3 aromatic rings. The maximum absolute atomic E-state index is 6.61. The molecular weight excluding hydrogens is 266 g/mol. The van der Waals surface area contributed by atoms with E-state index in [9.17, 15) is 0 Å². The molecule has 1 atom stereocenters. The van der Waals surface area contributed by atoms with E-state index in [1.807, 2.05) is 17.6 Å². The Morgan fingerprint density at radius 3 is 2.75 bits per heavy atom. The Bertz CT molecular complexity index is 657. The molecule has 0 saturated heterocycles. The Morgan fingerprint density at radius 1 is 1.25 bits per heavy atom. The number of benzene rings is 1. The molecule has 1 aromatic carbocycles. The van der Waals surface area contributed by atoms with E-state index in [-0.39, 0.29) is 5.54 Å². The van der Waals surface area contributed by atoms with Crippen molar-refractivity contribution >= 4 is 16.3 Å². The first-order valence-corrected chi connectivity index (χ1v) is 7.80. The maximum Gasteiger partial charge on any atom is 0.193 e. The smallest absolute Gasteiger partial charge is 0.193 e. The predicted octanol–water partition coefficient (Wildman–Crippen LogP) is 3.29. The molecule has 1 unspecified atom stereocenters. The molecule has 0 fully saturated rings. The lowest BCUT2D eigenvalue weighted by atomic mass is 9.85. The molecule has 3 rings (SSSR count). The first-order valence-electron chi connectivity index (χ1n) is 6.92. The Morgan fingerprint density at radius 2 is 2.05 bits per heavy atom. The molecule has 0 aliphatic carbocycles. The van der Waals surface area contributed by atoms with Crippen molar-refractivity contribution < 1.29 is 0 Å². The summed E-state index contributed by atoms with van der Waals surface area (Å²) in [5, 5.41) is 2.05. The summed E-state index contributed by atoms with van der Waals surface area (Å²) in [5.41, 5.74) is 8.75. The standard InChI is InChI=1S/C16H19N3S/c1-2-16(17,10-13-6-4-3-5-7-13)11-14-12-19-8-9-20-15(19)18-14/h3-9,12H,2,10-11,17H2,1H3. The zero-order chi connectivity index (χ0) is 14.0. The van der Waals surface area contributed by atoms with Crippen LogP contribution < -0.4 is 5.73 Å². The number of imidazole rings is 1. The quantitative estimate of drug-likeness (QED) is 0.781. The molecule has 0 aliphatic rings. The predicted molar refractivity (Wildman–Crippen MR) is 84.1 cm³/mol. The molecule has 0 amide bonds. The van der Waals surface area contributed by atoms with Gasteiger partial charge in [-0.2, -0.15) is 0 Å². The van der Waals surface area contributed by atoms with Crippen molar-refractivity contribution in [1.82, 2.24) is 9.38 Å². The molecule has 2 N–H and O–H groups in total. The van der Waals surface area contributed by atoms with Crippen LogP contribution in [0.4, 0.5) is 0 Å². The van der Waals surface area contributed by atoms with Gasteiger partial charge in [0.2, 0.25) is 0 Å². The van der Waals surface area contributed by atoms with E-state index in [4.69, 9.17) is 5.73 Å². The Balaban J connectivity index is 1.79. The van der Waals surface area contributed by atoms with Crippen molar-refractivity contribution in [3.8, 4) is 0 Å². The summed E-state index contributed by atoms with van der Waals surface area (Å²) < 4.78 is 2.07. The van der Waals surface area contributed by atoms with Gasteiger partial charge >= 0.3 is 0 Å². The average molecular weight is 285 g/mol. The van der Waals surface area contributed by atoms with Crippen LogP contribution in [0, 0.1) is 0 Å². The summed E-state index contributed by atoms with van der Waals surface area (Å²) in [5.74, 6) is 0. The van der Waals surface area contributed by atoms with Crippen molar-refractivity contribution in [2.24, 2.45) is 5.73 Å². The summed E-state index contributed by atoms with van der Waals surface area (Å²) in [6, 6.07) is 10.5. The van der Waals surface area contributed by atoms with Gasteiger partial charge < -0.3 is 5.73 Å². The number of hydrogen-bond donors (Lipinski definition) is 1. The van der Waals surface area contributed by atoms with Crippen molar-refractivity contribution in [1.29, 1.82) is 0 Å². The summed E-state index contributed by atoms with van der Waals surface area (Å²) >= 11 is 1.66. The van der Waals surface area contributed by atoms with Crippen LogP contribution in [-0.4, -0.2) is 14.9 Å². The highest BCUT2D eigenvalue weighted by Gasteiger charge is 2.25. The fraction of sp³-hybridized carbons (Fsp3) is 0.312. The largest absolute Gasteiger partial charge is 0.324 e. The minimum absolute atomic E-state index is 0.231. The van der Waals surface area contributed by atoms with E-state index in [1.54, 1.807) is 11.3 Å². The number of rotatable bonds is 5. The normalized spacial score (nSPS) is 14.5. The van der Waals surface area contributed by atoms with Gasteiger partial charge in [0.15, 0.2) is 4.96 Å².